The minimum absolute atomic E-state index is 0.000300. The maximum atomic E-state index is 13.2. The van der Waals surface area contributed by atoms with Crippen molar-refractivity contribution in [3.8, 4) is 11.1 Å². The van der Waals surface area contributed by atoms with E-state index in [9.17, 15) is 24.3 Å². The van der Waals surface area contributed by atoms with Crippen LogP contribution in [-0.2, 0) is 14.3 Å². The van der Waals surface area contributed by atoms with Crippen molar-refractivity contribution in [1.29, 1.82) is 0 Å². The highest BCUT2D eigenvalue weighted by atomic mass is 35.5. The Bertz CT molecular complexity index is 1590. The smallest absolute Gasteiger partial charge is 0.407 e. The van der Waals surface area contributed by atoms with Gasteiger partial charge in [0.15, 0.2) is 5.78 Å². The Morgan fingerprint density at radius 1 is 0.805 bits per heavy atom. The van der Waals surface area contributed by atoms with Gasteiger partial charge in [0.25, 0.3) is 0 Å². The first-order valence-corrected chi connectivity index (χ1v) is 13.2. The molecular formula is C32H25ClN2O6. The van der Waals surface area contributed by atoms with E-state index in [4.69, 9.17) is 16.3 Å². The fourth-order valence-corrected chi connectivity index (χ4v) is 5.06. The van der Waals surface area contributed by atoms with Crippen LogP contribution in [-0.4, -0.2) is 41.5 Å². The van der Waals surface area contributed by atoms with E-state index in [0.717, 1.165) is 22.3 Å². The number of fused-ring (bicyclic) bond motifs is 3. The third kappa shape index (κ3) is 6.13. The number of carbonyl (C=O) groups excluding carboxylic acids is 3. The largest absolute Gasteiger partial charge is 0.481 e. The predicted molar refractivity (Wildman–Crippen MR) is 154 cm³/mol. The van der Waals surface area contributed by atoms with Gasteiger partial charge in [-0.2, -0.15) is 0 Å². The molecule has 0 saturated carbocycles. The summed E-state index contributed by atoms with van der Waals surface area (Å²) < 4.78 is 5.49. The highest BCUT2D eigenvalue weighted by Gasteiger charge is 2.30. The number of rotatable bonds is 9. The number of carboxylic acids is 1. The molecule has 1 atom stereocenters. The average Bonchev–Trinajstić information content (AvgIpc) is 3.29. The molecule has 41 heavy (non-hydrogen) atoms. The molecule has 0 fully saturated rings. The fraction of sp³-hybridized carbons (Fsp3) is 0.125. The molecule has 9 heteroatoms. The summed E-state index contributed by atoms with van der Waals surface area (Å²) in [6.45, 7) is -0.000300. The Kier molecular flexibility index (Phi) is 8.12. The lowest BCUT2D eigenvalue weighted by Crippen LogP contribution is -2.45. The van der Waals surface area contributed by atoms with E-state index < -0.39 is 30.4 Å². The van der Waals surface area contributed by atoms with Gasteiger partial charge < -0.3 is 20.5 Å². The van der Waals surface area contributed by atoms with E-state index in [-0.39, 0.29) is 29.6 Å². The molecule has 0 aromatic heterocycles. The number of ketones is 1. The molecule has 0 spiro atoms. The molecule has 0 saturated heterocycles. The van der Waals surface area contributed by atoms with Crippen LogP contribution in [0.2, 0.25) is 5.02 Å². The van der Waals surface area contributed by atoms with Crippen LogP contribution in [0.25, 0.3) is 11.1 Å². The lowest BCUT2D eigenvalue weighted by molar-refractivity contribution is -0.139. The summed E-state index contributed by atoms with van der Waals surface area (Å²) >= 11 is 5.92. The summed E-state index contributed by atoms with van der Waals surface area (Å²) in [5.74, 6) is -2.67. The molecule has 3 N–H and O–H groups in total. The first-order valence-electron chi connectivity index (χ1n) is 12.9. The molecule has 2 amide bonds. The van der Waals surface area contributed by atoms with E-state index in [2.05, 4.69) is 10.6 Å². The Labute approximate surface area is 240 Å². The van der Waals surface area contributed by atoms with Gasteiger partial charge in [0.1, 0.15) is 12.6 Å². The normalized spacial score (nSPS) is 12.5. The minimum atomic E-state index is -1.46. The van der Waals surface area contributed by atoms with Gasteiger partial charge in [0, 0.05) is 22.1 Å². The first-order chi connectivity index (χ1) is 19.8. The van der Waals surface area contributed by atoms with Crippen molar-refractivity contribution in [2.24, 2.45) is 0 Å². The highest BCUT2D eigenvalue weighted by Crippen LogP contribution is 2.44. The van der Waals surface area contributed by atoms with E-state index in [1.807, 2.05) is 48.5 Å². The fourth-order valence-electron chi connectivity index (χ4n) is 4.93. The molecule has 1 aliphatic carbocycles. The number of carbonyl (C=O) groups is 4. The van der Waals surface area contributed by atoms with Gasteiger partial charge in [-0.25, -0.2) is 4.79 Å². The number of benzene rings is 4. The van der Waals surface area contributed by atoms with Gasteiger partial charge in [0.2, 0.25) is 5.91 Å². The van der Waals surface area contributed by atoms with Gasteiger partial charge >= 0.3 is 12.1 Å². The number of halogens is 1. The second kappa shape index (κ2) is 12.1. The van der Waals surface area contributed by atoms with Crippen LogP contribution in [0.1, 0.15) is 39.4 Å². The number of alkyl carbamates (subject to hydrolysis) is 1. The van der Waals surface area contributed by atoms with Crippen LogP contribution in [0, 0.1) is 0 Å². The third-order valence-corrected chi connectivity index (χ3v) is 7.12. The zero-order chi connectivity index (χ0) is 28.9. The molecule has 206 valence electrons. The Morgan fingerprint density at radius 3 is 2.02 bits per heavy atom. The number of ether oxygens (including phenoxy) is 1. The second-order valence-corrected chi connectivity index (χ2v) is 9.93. The highest BCUT2D eigenvalue weighted by molar-refractivity contribution is 6.30. The summed E-state index contributed by atoms with van der Waals surface area (Å²) in [6.07, 6.45) is -1.62. The Morgan fingerprint density at radius 2 is 1.39 bits per heavy atom. The van der Waals surface area contributed by atoms with Crippen molar-refractivity contribution in [3.63, 3.8) is 0 Å². The van der Waals surface area contributed by atoms with Crippen LogP contribution in [0.5, 0.6) is 0 Å². The van der Waals surface area contributed by atoms with E-state index in [0.29, 0.717) is 10.6 Å². The number of hydrogen-bond donors (Lipinski definition) is 3. The summed E-state index contributed by atoms with van der Waals surface area (Å²) in [5.41, 5.74) is 4.88. The van der Waals surface area contributed by atoms with Crippen molar-refractivity contribution in [2.75, 3.05) is 11.9 Å². The zero-order valence-electron chi connectivity index (χ0n) is 21.7. The topological polar surface area (TPSA) is 122 Å². The molecule has 0 unspecified atom stereocenters. The number of hydrogen-bond acceptors (Lipinski definition) is 5. The number of aliphatic carboxylic acids is 1. The van der Waals surface area contributed by atoms with Crippen LogP contribution in [0.15, 0.2) is 97.1 Å². The maximum Gasteiger partial charge on any atom is 0.407 e. The lowest BCUT2D eigenvalue weighted by Gasteiger charge is -2.19. The van der Waals surface area contributed by atoms with Gasteiger partial charge in [-0.1, -0.05) is 72.3 Å². The molecule has 1 aliphatic rings. The van der Waals surface area contributed by atoms with Crippen molar-refractivity contribution < 1.29 is 29.0 Å². The predicted octanol–water partition coefficient (Wildman–Crippen LogP) is 5.89. The molecule has 4 aromatic carbocycles. The van der Waals surface area contributed by atoms with Crippen molar-refractivity contribution >= 4 is 41.0 Å². The van der Waals surface area contributed by atoms with Crippen LogP contribution < -0.4 is 10.6 Å². The Hall–Kier alpha value is -4.95. The number of para-hydroxylation sites is 1. The van der Waals surface area contributed by atoms with Crippen LogP contribution >= 0.6 is 11.6 Å². The molecule has 0 aliphatic heterocycles. The number of carboxylic acid groups (broad SMARTS) is 1. The molecule has 0 radical (unpaired) electrons. The number of nitrogens with one attached hydrogen (secondary N) is 2. The van der Waals surface area contributed by atoms with E-state index in [1.54, 1.807) is 36.4 Å². The summed E-state index contributed by atoms with van der Waals surface area (Å²) in [7, 11) is 0. The second-order valence-electron chi connectivity index (χ2n) is 9.49. The van der Waals surface area contributed by atoms with Crippen molar-refractivity contribution in [2.45, 2.75) is 18.4 Å². The molecular weight excluding hydrogens is 544 g/mol. The van der Waals surface area contributed by atoms with Crippen LogP contribution in [0.3, 0.4) is 0 Å². The first kappa shape index (κ1) is 27.6. The summed E-state index contributed by atoms with van der Waals surface area (Å²) in [5, 5.41) is 14.8. The Balaban J connectivity index is 1.28. The van der Waals surface area contributed by atoms with E-state index >= 15 is 0 Å². The summed E-state index contributed by atoms with van der Waals surface area (Å²) in [4.78, 5) is 50.6. The van der Waals surface area contributed by atoms with Crippen molar-refractivity contribution in [1.82, 2.24) is 5.32 Å². The van der Waals surface area contributed by atoms with Gasteiger partial charge in [0.05, 0.1) is 12.1 Å². The maximum absolute atomic E-state index is 13.2. The summed E-state index contributed by atoms with van der Waals surface area (Å²) in [6, 6.07) is 26.9. The van der Waals surface area contributed by atoms with Gasteiger partial charge in [-0.15, -0.1) is 0 Å². The lowest BCUT2D eigenvalue weighted by atomic mass is 9.98. The van der Waals surface area contributed by atoms with Crippen molar-refractivity contribution in [3.05, 3.63) is 124 Å². The number of anilines is 1. The third-order valence-electron chi connectivity index (χ3n) is 6.87. The number of amides is 2. The molecule has 0 heterocycles. The minimum Gasteiger partial charge on any atom is -0.481 e. The van der Waals surface area contributed by atoms with Gasteiger partial charge in [-0.05, 0) is 58.7 Å². The van der Waals surface area contributed by atoms with E-state index in [1.165, 1.54) is 12.1 Å². The molecule has 8 nitrogen and oxygen atoms in total. The zero-order valence-corrected chi connectivity index (χ0v) is 22.4. The monoisotopic (exact) mass is 568 g/mol. The van der Waals surface area contributed by atoms with Gasteiger partial charge in [-0.3, -0.25) is 14.4 Å². The molecule has 0 bridgehead atoms. The average molecular weight is 569 g/mol. The molecule has 5 rings (SSSR count). The molecule has 4 aromatic rings. The SMILES string of the molecule is O=C(O)C[C@H](NC(=O)OCC1c2ccccc2-c2ccccc21)C(=O)Nc1ccccc1C(=O)c1ccc(Cl)cc1. The van der Waals surface area contributed by atoms with Crippen LogP contribution in [0.4, 0.5) is 10.5 Å². The quantitative estimate of drug-likeness (QED) is 0.216. The standard InChI is InChI=1S/C32H25ClN2O6/c33-20-15-13-19(14-16-20)30(38)25-11-5-6-12-27(25)34-31(39)28(17-29(36)37)35-32(40)41-18-26-23-9-3-1-7-21(23)22-8-2-4-10-24(22)26/h1-16,26,28H,17-18H2,(H,34,39)(H,35,40)(H,36,37)/t28-/m0/s1.